The molecule has 4 rings (SSSR count). The van der Waals surface area contributed by atoms with Gasteiger partial charge in [-0.15, -0.1) is 22.7 Å². The Hall–Kier alpha value is -2.42. The van der Waals surface area contributed by atoms with Gasteiger partial charge in [0.05, 0.1) is 34.1 Å². The molecular weight excluding hydrogens is 466 g/mol. The summed E-state index contributed by atoms with van der Waals surface area (Å²) in [4.78, 5) is 38.3. The number of aliphatic hydroxyl groups excluding tert-OH is 1. The molecule has 180 valence electrons. The predicted octanol–water partition coefficient (Wildman–Crippen LogP) is 4.79. The van der Waals surface area contributed by atoms with Crippen LogP contribution in [0.5, 0.6) is 0 Å². The number of amides is 1. The Morgan fingerprint density at radius 3 is 2.50 bits per heavy atom. The molecule has 0 spiro atoms. The average molecular weight is 498 g/mol. The number of β-amino-alcohol motifs (C(OH)–C–C–N with tert-alkyl or cyclic N) is 1. The Labute approximate surface area is 208 Å². The van der Waals surface area contributed by atoms with Gasteiger partial charge in [-0.3, -0.25) is 9.59 Å². The van der Waals surface area contributed by atoms with Crippen LogP contribution in [0.2, 0.25) is 0 Å². The maximum Gasteiger partial charge on any atom is 0.233 e. The normalized spacial score (nSPS) is 19.1. The maximum absolute atomic E-state index is 13.5. The fourth-order valence-corrected chi connectivity index (χ4v) is 6.44. The van der Waals surface area contributed by atoms with Gasteiger partial charge in [-0.2, -0.15) is 0 Å². The van der Waals surface area contributed by atoms with E-state index in [2.05, 4.69) is 22.1 Å². The average Bonchev–Trinajstić information content (AvgIpc) is 3.52. The third kappa shape index (κ3) is 5.29. The number of aliphatic hydroxyl groups is 1. The molecule has 1 fully saturated rings. The van der Waals surface area contributed by atoms with Crippen LogP contribution in [0, 0.1) is 19.8 Å². The Morgan fingerprint density at radius 2 is 1.91 bits per heavy atom. The van der Waals surface area contributed by atoms with Crippen LogP contribution in [0.15, 0.2) is 35.2 Å². The standard InChI is InChI=1S/C26H31N3O3S2/c1-15(2)23(25-28-16(3)13-33-25)26(32)29-12-20(30)11-21(29)22(31)10-7-18-5-8-19(9-6-18)24-17(4)27-14-34-24/h5-6,8-9,13-15,20-21,23,30H,7,10-12H2,1-4H3/t20-,21+,23-/m1/s1. The summed E-state index contributed by atoms with van der Waals surface area (Å²) in [6.45, 7) is 8.12. The van der Waals surface area contributed by atoms with Crippen LogP contribution in [0.25, 0.3) is 10.4 Å². The second-order valence-electron chi connectivity index (χ2n) is 9.37. The molecule has 3 aromatic rings. The lowest BCUT2D eigenvalue weighted by molar-refractivity contribution is -0.139. The Kier molecular flexibility index (Phi) is 7.60. The van der Waals surface area contributed by atoms with E-state index in [4.69, 9.17) is 0 Å². The molecule has 0 saturated carbocycles. The van der Waals surface area contributed by atoms with Crippen molar-refractivity contribution < 1.29 is 14.7 Å². The summed E-state index contributed by atoms with van der Waals surface area (Å²) in [6.07, 6.45) is 0.568. The number of thiazole rings is 2. The van der Waals surface area contributed by atoms with Gasteiger partial charge >= 0.3 is 0 Å². The van der Waals surface area contributed by atoms with Crippen molar-refractivity contribution in [2.75, 3.05) is 6.54 Å². The number of nitrogens with zero attached hydrogens (tertiary/aromatic N) is 3. The number of likely N-dealkylation sites (tertiary alicyclic amines) is 1. The van der Waals surface area contributed by atoms with Crippen LogP contribution in [0.1, 0.15) is 54.6 Å². The molecule has 8 heteroatoms. The first-order chi connectivity index (χ1) is 16.2. The molecule has 1 aliphatic rings. The van der Waals surface area contributed by atoms with Crippen molar-refractivity contribution in [3.8, 4) is 10.4 Å². The first-order valence-electron chi connectivity index (χ1n) is 11.7. The van der Waals surface area contributed by atoms with Gasteiger partial charge in [0.15, 0.2) is 5.78 Å². The zero-order chi connectivity index (χ0) is 24.4. The van der Waals surface area contributed by atoms with Gasteiger partial charge in [0.25, 0.3) is 0 Å². The Bertz CT molecular complexity index is 1150. The van der Waals surface area contributed by atoms with Crippen molar-refractivity contribution in [3.63, 3.8) is 0 Å². The number of hydrogen-bond donors (Lipinski definition) is 1. The molecule has 1 aromatic carbocycles. The second-order valence-corrected chi connectivity index (χ2v) is 11.1. The molecule has 0 unspecified atom stereocenters. The van der Waals surface area contributed by atoms with E-state index in [1.54, 1.807) is 16.2 Å². The van der Waals surface area contributed by atoms with E-state index < -0.39 is 18.1 Å². The highest BCUT2D eigenvalue weighted by Crippen LogP contribution is 2.33. The minimum atomic E-state index is -0.675. The Balaban J connectivity index is 1.43. The molecule has 3 atom stereocenters. The van der Waals surface area contributed by atoms with Crippen molar-refractivity contribution in [1.29, 1.82) is 0 Å². The SMILES string of the molecule is Cc1csc([C@H](C(=O)N2C[C@H](O)C[C@H]2C(=O)CCc2ccc(-c3scnc3C)cc2)C(C)C)n1. The first-order valence-corrected chi connectivity index (χ1v) is 13.4. The number of rotatable bonds is 8. The maximum atomic E-state index is 13.5. The van der Waals surface area contributed by atoms with E-state index in [0.29, 0.717) is 19.3 Å². The summed E-state index contributed by atoms with van der Waals surface area (Å²) in [5.41, 5.74) is 5.96. The highest BCUT2D eigenvalue weighted by Gasteiger charge is 2.42. The van der Waals surface area contributed by atoms with Gasteiger partial charge in [0.2, 0.25) is 5.91 Å². The van der Waals surface area contributed by atoms with E-state index in [1.165, 1.54) is 11.3 Å². The van der Waals surface area contributed by atoms with Crippen molar-refractivity contribution in [1.82, 2.24) is 14.9 Å². The molecule has 3 heterocycles. The number of aromatic nitrogens is 2. The molecule has 1 aliphatic heterocycles. The molecule has 0 bridgehead atoms. The molecule has 0 radical (unpaired) electrons. The summed E-state index contributed by atoms with van der Waals surface area (Å²) in [5, 5.41) is 13.1. The molecule has 34 heavy (non-hydrogen) atoms. The summed E-state index contributed by atoms with van der Waals surface area (Å²) in [6, 6.07) is 7.66. The minimum Gasteiger partial charge on any atom is -0.391 e. The quantitative estimate of drug-likeness (QED) is 0.484. The smallest absolute Gasteiger partial charge is 0.233 e. The van der Waals surface area contributed by atoms with Gasteiger partial charge in [-0.05, 0) is 37.3 Å². The van der Waals surface area contributed by atoms with Crippen LogP contribution in [0.3, 0.4) is 0 Å². The number of carbonyl (C=O) groups is 2. The number of benzene rings is 1. The number of hydrogen-bond acceptors (Lipinski definition) is 7. The summed E-state index contributed by atoms with van der Waals surface area (Å²) in [7, 11) is 0. The van der Waals surface area contributed by atoms with Crippen LogP contribution >= 0.6 is 22.7 Å². The third-order valence-electron chi connectivity index (χ3n) is 6.39. The molecule has 1 saturated heterocycles. The lowest BCUT2D eigenvalue weighted by Gasteiger charge is -2.29. The van der Waals surface area contributed by atoms with Gasteiger partial charge in [0, 0.05) is 30.5 Å². The van der Waals surface area contributed by atoms with E-state index in [-0.39, 0.29) is 24.2 Å². The van der Waals surface area contributed by atoms with E-state index in [0.717, 1.165) is 32.4 Å². The van der Waals surface area contributed by atoms with E-state index in [9.17, 15) is 14.7 Å². The topological polar surface area (TPSA) is 83.4 Å². The first kappa shape index (κ1) is 24.7. The monoisotopic (exact) mass is 497 g/mol. The molecule has 2 aromatic heterocycles. The fourth-order valence-electron chi connectivity index (χ4n) is 4.57. The number of aryl methyl sites for hydroxylation is 3. The van der Waals surface area contributed by atoms with Crippen LogP contribution in [-0.4, -0.2) is 50.4 Å². The van der Waals surface area contributed by atoms with Crippen LogP contribution < -0.4 is 0 Å². The zero-order valence-corrected chi connectivity index (χ0v) is 21.7. The van der Waals surface area contributed by atoms with Gasteiger partial charge in [-0.25, -0.2) is 9.97 Å². The fraction of sp³-hybridized carbons (Fsp3) is 0.462. The van der Waals surface area contributed by atoms with Crippen LogP contribution in [0.4, 0.5) is 0 Å². The van der Waals surface area contributed by atoms with Crippen molar-refractivity contribution in [3.05, 3.63) is 57.1 Å². The molecule has 6 nitrogen and oxygen atoms in total. The molecule has 0 aliphatic carbocycles. The lowest BCUT2D eigenvalue weighted by Crippen LogP contribution is -2.44. The van der Waals surface area contributed by atoms with Crippen LogP contribution in [-0.2, 0) is 16.0 Å². The zero-order valence-electron chi connectivity index (χ0n) is 20.0. The molecular formula is C26H31N3O3S2. The number of Topliss-reactive ketones (excluding diaryl/α,β-unsaturated/α-hetero) is 1. The van der Waals surface area contributed by atoms with Crippen molar-refractivity contribution in [2.45, 2.75) is 65.0 Å². The summed E-state index contributed by atoms with van der Waals surface area (Å²) < 4.78 is 0. The Morgan fingerprint density at radius 1 is 1.18 bits per heavy atom. The van der Waals surface area contributed by atoms with Gasteiger partial charge in [-0.1, -0.05) is 38.1 Å². The highest BCUT2D eigenvalue weighted by molar-refractivity contribution is 7.13. The number of carbonyl (C=O) groups excluding carboxylic acids is 2. The van der Waals surface area contributed by atoms with Crippen molar-refractivity contribution in [2.24, 2.45) is 5.92 Å². The van der Waals surface area contributed by atoms with E-state index >= 15 is 0 Å². The van der Waals surface area contributed by atoms with Gasteiger partial charge in [0.1, 0.15) is 5.01 Å². The van der Waals surface area contributed by atoms with Crippen molar-refractivity contribution >= 4 is 34.4 Å². The summed E-state index contributed by atoms with van der Waals surface area (Å²) >= 11 is 3.10. The summed E-state index contributed by atoms with van der Waals surface area (Å²) in [5.74, 6) is -0.456. The predicted molar refractivity (Wildman–Crippen MR) is 136 cm³/mol. The largest absolute Gasteiger partial charge is 0.391 e. The third-order valence-corrected chi connectivity index (χ3v) is 8.41. The lowest BCUT2D eigenvalue weighted by atomic mass is 9.93. The molecule has 1 amide bonds. The minimum absolute atomic E-state index is 0.00473. The molecule has 1 N–H and O–H groups in total. The highest BCUT2D eigenvalue weighted by atomic mass is 32.1. The van der Waals surface area contributed by atoms with E-state index in [1.807, 2.05) is 50.7 Å². The number of ketones is 1. The van der Waals surface area contributed by atoms with Gasteiger partial charge < -0.3 is 10.0 Å². The second kappa shape index (κ2) is 10.5.